The smallest absolute Gasteiger partial charge is 0.263 e. The summed E-state index contributed by atoms with van der Waals surface area (Å²) in [4.78, 5) is 16.6. The van der Waals surface area contributed by atoms with Gasteiger partial charge in [0, 0.05) is 24.5 Å². The molecular formula is C13H20N2OS. The second-order valence-corrected chi connectivity index (χ2v) is 5.60. The Bertz CT molecular complexity index is 392. The number of nitrogens with one attached hydrogen (secondary N) is 1. The maximum Gasteiger partial charge on any atom is 0.263 e. The van der Waals surface area contributed by atoms with E-state index in [0.29, 0.717) is 0 Å². The van der Waals surface area contributed by atoms with Gasteiger partial charge in [0.05, 0.1) is 4.88 Å². The number of amides is 1. The molecule has 3 nitrogen and oxygen atoms in total. The molecule has 4 heteroatoms. The highest BCUT2D eigenvalue weighted by molar-refractivity contribution is 7.14. The molecule has 1 aromatic heterocycles. The summed E-state index contributed by atoms with van der Waals surface area (Å²) in [7, 11) is 0. The lowest BCUT2D eigenvalue weighted by Crippen LogP contribution is -2.33. The first-order valence-electron chi connectivity index (χ1n) is 6.31. The molecule has 0 aliphatic carbocycles. The second-order valence-electron chi connectivity index (χ2n) is 4.47. The van der Waals surface area contributed by atoms with Gasteiger partial charge in [0.15, 0.2) is 0 Å². The fourth-order valence-corrected chi connectivity index (χ4v) is 3.26. The topological polar surface area (TPSA) is 32.3 Å². The zero-order valence-corrected chi connectivity index (χ0v) is 11.4. The van der Waals surface area contributed by atoms with Gasteiger partial charge in [-0.2, -0.15) is 0 Å². The SMILES string of the molecule is CCc1sc(C(=O)N2CCCNCC2)cc1C. The third-order valence-electron chi connectivity index (χ3n) is 3.18. The lowest BCUT2D eigenvalue weighted by molar-refractivity contribution is 0.0771. The van der Waals surface area contributed by atoms with Crippen LogP contribution in [0.1, 0.15) is 33.5 Å². The zero-order chi connectivity index (χ0) is 12.3. The molecule has 2 rings (SSSR count). The number of rotatable bonds is 2. The zero-order valence-electron chi connectivity index (χ0n) is 10.6. The van der Waals surface area contributed by atoms with Gasteiger partial charge in [-0.1, -0.05) is 6.92 Å². The first-order chi connectivity index (χ1) is 8.22. The van der Waals surface area contributed by atoms with Crippen molar-refractivity contribution in [3.63, 3.8) is 0 Å². The molecule has 0 radical (unpaired) electrons. The molecule has 1 fully saturated rings. The van der Waals surface area contributed by atoms with Crippen molar-refractivity contribution in [2.75, 3.05) is 26.2 Å². The van der Waals surface area contributed by atoms with E-state index in [9.17, 15) is 4.79 Å². The lowest BCUT2D eigenvalue weighted by Gasteiger charge is -2.18. The molecule has 0 spiro atoms. The quantitative estimate of drug-likeness (QED) is 0.874. The Morgan fingerprint density at radius 2 is 2.29 bits per heavy atom. The molecule has 0 atom stereocenters. The van der Waals surface area contributed by atoms with Gasteiger partial charge in [-0.3, -0.25) is 4.79 Å². The van der Waals surface area contributed by atoms with Gasteiger partial charge in [0.2, 0.25) is 0 Å². The van der Waals surface area contributed by atoms with E-state index < -0.39 is 0 Å². The molecule has 1 amide bonds. The Morgan fingerprint density at radius 3 is 3.00 bits per heavy atom. The van der Waals surface area contributed by atoms with Gasteiger partial charge < -0.3 is 10.2 Å². The summed E-state index contributed by atoms with van der Waals surface area (Å²) >= 11 is 1.66. The van der Waals surface area contributed by atoms with Crippen LogP contribution in [0, 0.1) is 6.92 Å². The van der Waals surface area contributed by atoms with Crippen LogP contribution in [-0.2, 0) is 6.42 Å². The Balaban J connectivity index is 2.11. The van der Waals surface area contributed by atoms with Crippen molar-refractivity contribution in [2.24, 2.45) is 0 Å². The van der Waals surface area contributed by atoms with Gasteiger partial charge in [-0.05, 0) is 37.9 Å². The van der Waals surface area contributed by atoms with E-state index >= 15 is 0 Å². The normalized spacial score (nSPS) is 16.9. The molecule has 1 N–H and O–H groups in total. The fraction of sp³-hybridized carbons (Fsp3) is 0.615. The van der Waals surface area contributed by atoms with Gasteiger partial charge in [-0.15, -0.1) is 11.3 Å². The Labute approximate surface area is 107 Å². The minimum atomic E-state index is 0.210. The Morgan fingerprint density at radius 1 is 1.47 bits per heavy atom. The van der Waals surface area contributed by atoms with E-state index in [1.807, 2.05) is 11.0 Å². The number of aryl methyl sites for hydroxylation is 2. The maximum absolute atomic E-state index is 12.3. The highest BCUT2D eigenvalue weighted by Gasteiger charge is 2.19. The summed E-state index contributed by atoms with van der Waals surface area (Å²) in [5.74, 6) is 0.210. The molecule has 0 unspecified atom stereocenters. The Kier molecular flexibility index (Phi) is 4.18. The molecule has 1 saturated heterocycles. The maximum atomic E-state index is 12.3. The number of thiophene rings is 1. The van der Waals surface area contributed by atoms with Crippen LogP contribution >= 0.6 is 11.3 Å². The number of carbonyl (C=O) groups excluding carboxylic acids is 1. The number of carbonyl (C=O) groups is 1. The van der Waals surface area contributed by atoms with Crippen LogP contribution in [0.15, 0.2) is 6.07 Å². The first kappa shape index (κ1) is 12.6. The van der Waals surface area contributed by atoms with E-state index in [2.05, 4.69) is 19.2 Å². The van der Waals surface area contributed by atoms with E-state index in [0.717, 1.165) is 43.9 Å². The molecule has 0 aromatic carbocycles. The van der Waals surface area contributed by atoms with E-state index in [-0.39, 0.29) is 5.91 Å². The van der Waals surface area contributed by atoms with Crippen molar-refractivity contribution in [2.45, 2.75) is 26.7 Å². The predicted octanol–water partition coefficient (Wildman–Crippen LogP) is 2.05. The van der Waals surface area contributed by atoms with Crippen molar-refractivity contribution in [1.82, 2.24) is 10.2 Å². The highest BCUT2D eigenvalue weighted by atomic mass is 32.1. The van der Waals surface area contributed by atoms with Crippen molar-refractivity contribution < 1.29 is 4.79 Å². The van der Waals surface area contributed by atoms with E-state index in [1.54, 1.807) is 11.3 Å². The third-order valence-corrected chi connectivity index (χ3v) is 4.55. The van der Waals surface area contributed by atoms with Crippen molar-refractivity contribution in [1.29, 1.82) is 0 Å². The molecule has 0 bridgehead atoms. The van der Waals surface area contributed by atoms with Gasteiger partial charge in [0.25, 0.3) is 5.91 Å². The molecule has 1 aliphatic rings. The lowest BCUT2D eigenvalue weighted by atomic mass is 10.2. The van der Waals surface area contributed by atoms with Crippen LogP contribution in [0.5, 0.6) is 0 Å². The number of nitrogens with zero attached hydrogens (tertiary/aromatic N) is 1. The summed E-state index contributed by atoms with van der Waals surface area (Å²) in [5.41, 5.74) is 1.26. The number of hydrogen-bond donors (Lipinski definition) is 1. The molecule has 1 aliphatic heterocycles. The van der Waals surface area contributed by atoms with Crippen LogP contribution in [-0.4, -0.2) is 37.0 Å². The summed E-state index contributed by atoms with van der Waals surface area (Å²) in [5, 5.41) is 3.32. The summed E-state index contributed by atoms with van der Waals surface area (Å²) in [6.07, 6.45) is 2.07. The van der Waals surface area contributed by atoms with Gasteiger partial charge in [-0.25, -0.2) is 0 Å². The summed E-state index contributed by atoms with van der Waals surface area (Å²) in [6, 6.07) is 2.05. The van der Waals surface area contributed by atoms with Crippen LogP contribution in [0.4, 0.5) is 0 Å². The van der Waals surface area contributed by atoms with Crippen LogP contribution < -0.4 is 5.32 Å². The Hall–Kier alpha value is -0.870. The van der Waals surface area contributed by atoms with Crippen LogP contribution in [0.2, 0.25) is 0 Å². The second kappa shape index (κ2) is 5.65. The van der Waals surface area contributed by atoms with Crippen molar-refractivity contribution in [3.05, 3.63) is 21.4 Å². The average molecular weight is 252 g/mol. The minimum absolute atomic E-state index is 0.210. The van der Waals surface area contributed by atoms with Gasteiger partial charge in [0.1, 0.15) is 0 Å². The van der Waals surface area contributed by atoms with Crippen LogP contribution in [0.25, 0.3) is 0 Å². The molecule has 94 valence electrons. The minimum Gasteiger partial charge on any atom is -0.337 e. The highest BCUT2D eigenvalue weighted by Crippen LogP contribution is 2.23. The van der Waals surface area contributed by atoms with E-state index in [4.69, 9.17) is 0 Å². The average Bonchev–Trinajstić information content (AvgIpc) is 2.56. The molecule has 0 saturated carbocycles. The summed E-state index contributed by atoms with van der Waals surface area (Å²) in [6.45, 7) is 7.88. The monoisotopic (exact) mass is 252 g/mol. The number of hydrogen-bond acceptors (Lipinski definition) is 3. The fourth-order valence-electron chi connectivity index (χ4n) is 2.18. The van der Waals surface area contributed by atoms with Crippen molar-refractivity contribution in [3.8, 4) is 0 Å². The standard InChI is InChI=1S/C13H20N2OS/c1-3-11-10(2)9-12(17-11)13(16)15-7-4-5-14-6-8-15/h9,14H,3-8H2,1-2H3. The summed E-state index contributed by atoms with van der Waals surface area (Å²) < 4.78 is 0. The van der Waals surface area contributed by atoms with E-state index in [1.165, 1.54) is 10.4 Å². The molecule has 2 heterocycles. The van der Waals surface area contributed by atoms with Crippen molar-refractivity contribution >= 4 is 17.2 Å². The van der Waals surface area contributed by atoms with Gasteiger partial charge >= 0.3 is 0 Å². The molecular weight excluding hydrogens is 232 g/mol. The molecule has 17 heavy (non-hydrogen) atoms. The van der Waals surface area contributed by atoms with Crippen LogP contribution in [0.3, 0.4) is 0 Å². The third kappa shape index (κ3) is 2.87. The first-order valence-corrected chi connectivity index (χ1v) is 7.13. The molecule has 1 aromatic rings. The predicted molar refractivity (Wildman–Crippen MR) is 71.8 cm³/mol. The largest absolute Gasteiger partial charge is 0.337 e.